The predicted molar refractivity (Wildman–Crippen MR) is 147 cm³/mol. The van der Waals surface area contributed by atoms with Crippen LogP contribution in [-0.2, 0) is 11.2 Å². The van der Waals surface area contributed by atoms with Gasteiger partial charge in [0.1, 0.15) is 11.5 Å². The van der Waals surface area contributed by atoms with Crippen LogP contribution in [0.5, 0.6) is 11.5 Å². The van der Waals surface area contributed by atoms with E-state index in [0.717, 1.165) is 25.7 Å². The van der Waals surface area contributed by atoms with Crippen molar-refractivity contribution in [2.24, 2.45) is 0 Å². The first kappa shape index (κ1) is 25.9. The highest BCUT2D eigenvalue weighted by Gasteiger charge is 2.59. The Hall–Kier alpha value is -3.74. The molecular formula is C32H34N2O4. The first-order valence-corrected chi connectivity index (χ1v) is 13.4. The highest BCUT2D eigenvalue weighted by Crippen LogP contribution is 2.56. The van der Waals surface area contributed by atoms with Crippen LogP contribution in [0.3, 0.4) is 0 Å². The Kier molecular flexibility index (Phi) is 7.45. The smallest absolute Gasteiger partial charge is 0.154 e. The van der Waals surface area contributed by atoms with Gasteiger partial charge in [-0.15, -0.1) is 0 Å². The molecular weight excluding hydrogens is 476 g/mol. The van der Waals surface area contributed by atoms with Gasteiger partial charge in [0.05, 0.1) is 24.6 Å². The fourth-order valence-corrected chi connectivity index (χ4v) is 5.14. The number of benzene rings is 2. The normalized spacial score (nSPS) is 19.9. The lowest BCUT2D eigenvalue weighted by Gasteiger charge is -2.48. The van der Waals surface area contributed by atoms with E-state index >= 15 is 0 Å². The summed E-state index contributed by atoms with van der Waals surface area (Å²) in [4.78, 5) is 9.17. The lowest BCUT2D eigenvalue weighted by Crippen LogP contribution is -2.53. The molecule has 0 saturated heterocycles. The third-order valence-electron chi connectivity index (χ3n) is 7.22. The van der Waals surface area contributed by atoms with E-state index in [1.54, 1.807) is 36.7 Å². The van der Waals surface area contributed by atoms with Crippen LogP contribution in [0.4, 0.5) is 0 Å². The van der Waals surface area contributed by atoms with E-state index in [0.29, 0.717) is 58.4 Å². The molecule has 6 nitrogen and oxygen atoms in total. The van der Waals surface area contributed by atoms with Crippen molar-refractivity contribution >= 4 is 0 Å². The van der Waals surface area contributed by atoms with Crippen molar-refractivity contribution in [2.75, 3.05) is 13.2 Å². The molecule has 0 aliphatic heterocycles. The van der Waals surface area contributed by atoms with Crippen LogP contribution < -0.4 is 9.47 Å². The Morgan fingerprint density at radius 2 is 1.00 bits per heavy atom. The van der Waals surface area contributed by atoms with Crippen molar-refractivity contribution in [1.29, 1.82) is 0 Å². The SMILES string of the molecule is CCCCOc1ccc([C@]2(O)c3cccnc3-c3ncccc3[C@@]2(O)c2ccc(OCCCC)cc2)cc1. The molecule has 0 fully saturated rings. The van der Waals surface area contributed by atoms with Crippen LogP contribution in [0.25, 0.3) is 11.4 Å². The minimum atomic E-state index is -1.86. The van der Waals surface area contributed by atoms with Gasteiger partial charge in [-0.25, -0.2) is 0 Å². The van der Waals surface area contributed by atoms with Crippen molar-refractivity contribution in [1.82, 2.24) is 9.97 Å². The number of rotatable bonds is 10. The van der Waals surface area contributed by atoms with Crippen LogP contribution in [0, 0.1) is 0 Å². The molecule has 2 atom stereocenters. The number of ether oxygens (including phenoxy) is 2. The Morgan fingerprint density at radius 1 is 0.605 bits per heavy atom. The third kappa shape index (κ3) is 4.34. The highest BCUT2D eigenvalue weighted by molar-refractivity contribution is 5.74. The van der Waals surface area contributed by atoms with Crippen LogP contribution in [0.15, 0.2) is 85.2 Å². The summed E-state index contributed by atoms with van der Waals surface area (Å²) in [6, 6.07) is 21.7. The monoisotopic (exact) mass is 510 g/mol. The standard InChI is InChI=1S/C32H34N2O4/c1-3-5-21-37-25-15-11-23(12-16-25)31(35)27-9-7-19-33-29(27)30-28(10-8-20-34-30)32(31,36)24-13-17-26(18-14-24)38-22-6-4-2/h7-20,35-36H,3-6,21-22H2,1-2H3/t31-,32-/m0/s1. The molecule has 0 saturated carbocycles. The summed E-state index contributed by atoms with van der Waals surface area (Å²) in [5.74, 6) is 1.43. The molecule has 0 radical (unpaired) electrons. The van der Waals surface area contributed by atoms with Gasteiger partial charge >= 0.3 is 0 Å². The zero-order chi connectivity index (χ0) is 26.6. The average molecular weight is 511 g/mol. The summed E-state index contributed by atoms with van der Waals surface area (Å²) in [6.45, 7) is 5.49. The lowest BCUT2D eigenvalue weighted by molar-refractivity contribution is -0.114. The van der Waals surface area contributed by atoms with Gasteiger partial charge in [0.2, 0.25) is 0 Å². The second kappa shape index (κ2) is 10.9. The van der Waals surface area contributed by atoms with Gasteiger partial charge in [-0.2, -0.15) is 0 Å². The van der Waals surface area contributed by atoms with Gasteiger partial charge in [-0.1, -0.05) is 63.1 Å². The summed E-state index contributed by atoms with van der Waals surface area (Å²) < 4.78 is 11.7. The maximum atomic E-state index is 12.8. The van der Waals surface area contributed by atoms with E-state index in [1.807, 2.05) is 48.5 Å². The molecule has 2 N–H and O–H groups in total. The lowest BCUT2D eigenvalue weighted by atomic mass is 9.62. The molecule has 2 aromatic heterocycles. The molecule has 0 amide bonds. The molecule has 6 heteroatoms. The van der Waals surface area contributed by atoms with Crippen molar-refractivity contribution < 1.29 is 19.7 Å². The molecule has 0 unspecified atom stereocenters. The number of unbranched alkanes of at least 4 members (excludes halogenated alkanes) is 2. The molecule has 0 bridgehead atoms. The number of aromatic nitrogens is 2. The fourth-order valence-electron chi connectivity index (χ4n) is 5.14. The zero-order valence-electron chi connectivity index (χ0n) is 21.9. The molecule has 196 valence electrons. The van der Waals surface area contributed by atoms with Gasteiger partial charge in [0, 0.05) is 23.5 Å². The maximum Gasteiger partial charge on any atom is 0.154 e. The first-order valence-electron chi connectivity index (χ1n) is 13.4. The van der Waals surface area contributed by atoms with Crippen molar-refractivity contribution in [3.8, 4) is 22.9 Å². The van der Waals surface area contributed by atoms with Gasteiger partial charge in [-0.05, 0) is 60.4 Å². The second-order valence-corrected chi connectivity index (χ2v) is 9.67. The van der Waals surface area contributed by atoms with Crippen molar-refractivity contribution in [3.63, 3.8) is 0 Å². The van der Waals surface area contributed by atoms with Crippen LogP contribution >= 0.6 is 0 Å². The number of hydrogen-bond donors (Lipinski definition) is 2. The topological polar surface area (TPSA) is 84.7 Å². The summed E-state index contributed by atoms with van der Waals surface area (Å²) in [5.41, 5.74) is -0.632. The highest BCUT2D eigenvalue weighted by atomic mass is 16.5. The van der Waals surface area contributed by atoms with Crippen LogP contribution in [-0.4, -0.2) is 33.4 Å². The Morgan fingerprint density at radius 3 is 1.37 bits per heavy atom. The number of nitrogens with zero attached hydrogens (tertiary/aromatic N) is 2. The molecule has 4 aromatic rings. The zero-order valence-corrected chi connectivity index (χ0v) is 21.9. The minimum Gasteiger partial charge on any atom is -0.494 e. The van der Waals surface area contributed by atoms with Gasteiger partial charge in [0.25, 0.3) is 0 Å². The molecule has 1 aliphatic carbocycles. The Labute approximate surface area is 224 Å². The molecule has 1 aliphatic rings. The van der Waals surface area contributed by atoms with Gasteiger partial charge in [-0.3, -0.25) is 9.97 Å². The fraction of sp³-hybridized carbons (Fsp3) is 0.312. The van der Waals surface area contributed by atoms with E-state index in [-0.39, 0.29) is 0 Å². The van der Waals surface area contributed by atoms with Gasteiger partial charge < -0.3 is 19.7 Å². The number of fused-ring (bicyclic) bond motifs is 3. The summed E-state index contributed by atoms with van der Waals surface area (Å²) in [5, 5.41) is 25.5. The molecule has 38 heavy (non-hydrogen) atoms. The van der Waals surface area contributed by atoms with E-state index in [9.17, 15) is 10.2 Å². The largest absolute Gasteiger partial charge is 0.494 e. The summed E-state index contributed by atoms with van der Waals surface area (Å²) >= 11 is 0. The van der Waals surface area contributed by atoms with E-state index in [2.05, 4.69) is 23.8 Å². The number of hydrogen-bond acceptors (Lipinski definition) is 6. The van der Waals surface area contributed by atoms with Crippen molar-refractivity contribution in [2.45, 2.75) is 50.7 Å². The molecule has 2 aromatic carbocycles. The average Bonchev–Trinajstić information content (AvgIpc) is 2.97. The molecule has 0 spiro atoms. The van der Waals surface area contributed by atoms with Crippen molar-refractivity contribution in [3.05, 3.63) is 107 Å². The summed E-state index contributed by atoms with van der Waals surface area (Å²) in [7, 11) is 0. The van der Waals surface area contributed by atoms with Gasteiger partial charge in [0.15, 0.2) is 11.2 Å². The molecule has 2 heterocycles. The third-order valence-corrected chi connectivity index (χ3v) is 7.22. The van der Waals surface area contributed by atoms with E-state index in [4.69, 9.17) is 9.47 Å². The number of aliphatic hydroxyl groups is 2. The van der Waals surface area contributed by atoms with E-state index in [1.165, 1.54) is 0 Å². The predicted octanol–water partition coefficient (Wildman–Crippen LogP) is 5.99. The maximum absolute atomic E-state index is 12.8. The second-order valence-electron chi connectivity index (χ2n) is 9.67. The quantitative estimate of drug-likeness (QED) is 0.255. The minimum absolute atomic E-state index is 0.483. The van der Waals surface area contributed by atoms with Crippen LogP contribution in [0.1, 0.15) is 61.8 Å². The first-order chi connectivity index (χ1) is 18.5. The Bertz CT molecular complexity index is 1270. The Balaban J connectivity index is 1.66. The summed E-state index contributed by atoms with van der Waals surface area (Å²) in [6.07, 6.45) is 7.37. The van der Waals surface area contributed by atoms with E-state index < -0.39 is 11.2 Å². The number of pyridine rings is 2. The van der Waals surface area contributed by atoms with Crippen LogP contribution in [0.2, 0.25) is 0 Å². The molecule has 5 rings (SSSR count).